The summed E-state index contributed by atoms with van der Waals surface area (Å²) in [5.41, 5.74) is 0.880. The van der Waals surface area contributed by atoms with Crippen LogP contribution in [0.5, 0.6) is 11.5 Å². The van der Waals surface area contributed by atoms with Gasteiger partial charge in [-0.2, -0.15) is 0 Å². The number of phenolic OH excluding ortho intramolecular Hbond substituents is 1. The van der Waals surface area contributed by atoms with Gasteiger partial charge >= 0.3 is 0 Å². The van der Waals surface area contributed by atoms with Gasteiger partial charge in [-0.25, -0.2) is 0 Å². The van der Waals surface area contributed by atoms with Gasteiger partial charge in [-0.05, 0) is 42.7 Å². The minimum Gasteiger partial charge on any atom is -0.508 e. The second-order valence-electron chi connectivity index (χ2n) is 5.89. The van der Waals surface area contributed by atoms with Gasteiger partial charge in [0.15, 0.2) is 0 Å². The minimum atomic E-state index is 0.303. The maximum Gasteiger partial charge on any atom is 0.123 e. The number of ether oxygens (including phenoxy) is 1. The van der Waals surface area contributed by atoms with Crippen LogP contribution in [0.2, 0.25) is 0 Å². The molecular weight excluding hydrogens is 224 g/mol. The third-order valence-electron chi connectivity index (χ3n) is 3.36. The van der Waals surface area contributed by atoms with Gasteiger partial charge in [0, 0.05) is 6.07 Å². The highest BCUT2D eigenvalue weighted by Gasteiger charge is 2.16. The molecular formula is C16H26O2. The lowest BCUT2D eigenvalue weighted by Gasteiger charge is -2.23. The maximum atomic E-state index is 9.64. The van der Waals surface area contributed by atoms with Crippen LogP contribution in [0.1, 0.15) is 39.7 Å². The van der Waals surface area contributed by atoms with E-state index in [1.54, 1.807) is 6.07 Å². The molecule has 0 aliphatic heterocycles. The molecule has 1 rings (SSSR count). The van der Waals surface area contributed by atoms with E-state index in [-0.39, 0.29) is 0 Å². The van der Waals surface area contributed by atoms with E-state index in [2.05, 4.69) is 27.7 Å². The fourth-order valence-electron chi connectivity index (χ4n) is 2.02. The Bertz CT molecular complexity index is 369. The first-order valence-corrected chi connectivity index (χ1v) is 6.82. The zero-order valence-electron chi connectivity index (χ0n) is 12.2. The Morgan fingerprint density at radius 2 is 1.83 bits per heavy atom. The summed E-state index contributed by atoms with van der Waals surface area (Å²) in [7, 11) is 0. The van der Waals surface area contributed by atoms with Crippen LogP contribution in [0.4, 0.5) is 0 Å². The molecule has 1 unspecified atom stereocenters. The average molecular weight is 250 g/mol. The van der Waals surface area contributed by atoms with Gasteiger partial charge < -0.3 is 9.84 Å². The lowest BCUT2D eigenvalue weighted by atomic mass is 9.88. The molecule has 0 aliphatic rings. The summed E-state index contributed by atoms with van der Waals surface area (Å²) in [6, 6.07) is 5.50. The first-order chi connectivity index (χ1) is 8.40. The van der Waals surface area contributed by atoms with Crippen LogP contribution in [0.15, 0.2) is 18.2 Å². The van der Waals surface area contributed by atoms with Crippen molar-refractivity contribution in [2.75, 3.05) is 6.61 Å². The van der Waals surface area contributed by atoms with Gasteiger partial charge in [0.1, 0.15) is 11.5 Å². The molecule has 1 aromatic carbocycles. The molecule has 2 heteroatoms. The molecule has 0 saturated carbocycles. The van der Waals surface area contributed by atoms with Gasteiger partial charge in [-0.3, -0.25) is 0 Å². The van der Waals surface area contributed by atoms with Gasteiger partial charge in [0.25, 0.3) is 0 Å². The summed E-state index contributed by atoms with van der Waals surface area (Å²) < 4.78 is 5.81. The van der Waals surface area contributed by atoms with Crippen molar-refractivity contribution in [2.45, 2.75) is 41.0 Å². The zero-order valence-corrected chi connectivity index (χ0v) is 12.2. The van der Waals surface area contributed by atoms with E-state index in [4.69, 9.17) is 4.74 Å². The van der Waals surface area contributed by atoms with Crippen molar-refractivity contribution >= 4 is 0 Å². The predicted molar refractivity (Wildman–Crippen MR) is 76.1 cm³/mol. The fourth-order valence-corrected chi connectivity index (χ4v) is 2.02. The van der Waals surface area contributed by atoms with Crippen molar-refractivity contribution in [3.63, 3.8) is 0 Å². The van der Waals surface area contributed by atoms with Crippen LogP contribution in [0.3, 0.4) is 0 Å². The van der Waals surface area contributed by atoms with Gasteiger partial charge in [-0.1, -0.05) is 33.8 Å². The average Bonchev–Trinajstić information content (AvgIpc) is 2.28. The highest BCUT2D eigenvalue weighted by Crippen LogP contribution is 2.25. The topological polar surface area (TPSA) is 29.5 Å². The molecule has 0 bridgehead atoms. The fraction of sp³-hybridized carbons (Fsp3) is 0.625. The SMILES string of the molecule is Cc1ccc(OCC(CC(C)C)C(C)C)cc1O. The standard InChI is InChI=1S/C16H26O2/c1-11(2)8-14(12(3)4)10-18-15-7-6-13(5)16(17)9-15/h6-7,9,11-12,14,17H,8,10H2,1-5H3. The molecule has 102 valence electrons. The largest absolute Gasteiger partial charge is 0.508 e. The summed E-state index contributed by atoms with van der Waals surface area (Å²) in [5.74, 6) is 2.93. The molecule has 1 N–H and O–H groups in total. The molecule has 0 aromatic heterocycles. The molecule has 0 spiro atoms. The van der Waals surface area contributed by atoms with Crippen molar-refractivity contribution in [1.82, 2.24) is 0 Å². The summed E-state index contributed by atoms with van der Waals surface area (Å²) in [6.45, 7) is 11.6. The first kappa shape index (κ1) is 14.9. The Balaban J connectivity index is 2.58. The monoisotopic (exact) mass is 250 g/mol. The smallest absolute Gasteiger partial charge is 0.123 e. The maximum absolute atomic E-state index is 9.64. The van der Waals surface area contributed by atoms with Crippen LogP contribution >= 0.6 is 0 Å². The second kappa shape index (κ2) is 6.67. The Hall–Kier alpha value is -1.18. The highest BCUT2D eigenvalue weighted by atomic mass is 16.5. The second-order valence-corrected chi connectivity index (χ2v) is 5.89. The molecule has 2 nitrogen and oxygen atoms in total. The van der Waals surface area contributed by atoms with E-state index in [0.29, 0.717) is 23.5 Å². The van der Waals surface area contributed by atoms with E-state index in [1.807, 2.05) is 19.1 Å². The van der Waals surface area contributed by atoms with Crippen LogP contribution in [-0.4, -0.2) is 11.7 Å². The molecule has 0 radical (unpaired) electrons. The van der Waals surface area contributed by atoms with Crippen molar-refractivity contribution in [2.24, 2.45) is 17.8 Å². The lowest BCUT2D eigenvalue weighted by molar-refractivity contribution is 0.185. The normalized spacial score (nSPS) is 13.1. The number of rotatable bonds is 6. The van der Waals surface area contributed by atoms with Crippen molar-refractivity contribution < 1.29 is 9.84 Å². The summed E-state index contributed by atoms with van der Waals surface area (Å²) >= 11 is 0. The van der Waals surface area contributed by atoms with E-state index < -0.39 is 0 Å². The van der Waals surface area contributed by atoms with Crippen molar-refractivity contribution in [1.29, 1.82) is 0 Å². The van der Waals surface area contributed by atoms with Crippen molar-refractivity contribution in [3.05, 3.63) is 23.8 Å². The van der Waals surface area contributed by atoms with Gasteiger partial charge in [-0.15, -0.1) is 0 Å². The van der Waals surface area contributed by atoms with E-state index >= 15 is 0 Å². The van der Waals surface area contributed by atoms with E-state index in [1.165, 1.54) is 6.42 Å². The van der Waals surface area contributed by atoms with Crippen molar-refractivity contribution in [3.8, 4) is 11.5 Å². The van der Waals surface area contributed by atoms with Gasteiger partial charge in [0.05, 0.1) is 6.61 Å². The third kappa shape index (κ3) is 4.59. The number of aromatic hydroxyl groups is 1. The molecule has 1 atom stereocenters. The predicted octanol–water partition coefficient (Wildman–Crippen LogP) is 4.40. The van der Waals surface area contributed by atoms with Crippen LogP contribution < -0.4 is 4.74 Å². The van der Waals surface area contributed by atoms with Crippen LogP contribution in [0, 0.1) is 24.7 Å². The molecule has 0 heterocycles. The molecule has 0 fully saturated rings. The zero-order chi connectivity index (χ0) is 13.7. The molecule has 1 aromatic rings. The Labute approximate surface area is 111 Å². The van der Waals surface area contributed by atoms with Gasteiger partial charge in [0.2, 0.25) is 0 Å². The number of phenols is 1. The van der Waals surface area contributed by atoms with Crippen LogP contribution in [0.25, 0.3) is 0 Å². The quantitative estimate of drug-likeness (QED) is 0.811. The molecule has 18 heavy (non-hydrogen) atoms. The van der Waals surface area contributed by atoms with Crippen LogP contribution in [-0.2, 0) is 0 Å². The number of benzene rings is 1. The Kier molecular flexibility index (Phi) is 5.52. The molecule has 0 saturated heterocycles. The highest BCUT2D eigenvalue weighted by molar-refractivity contribution is 5.38. The molecule has 0 aliphatic carbocycles. The summed E-state index contributed by atoms with van der Waals surface area (Å²) in [4.78, 5) is 0. The third-order valence-corrected chi connectivity index (χ3v) is 3.36. The lowest BCUT2D eigenvalue weighted by Crippen LogP contribution is -2.19. The van der Waals surface area contributed by atoms with E-state index in [0.717, 1.165) is 17.9 Å². The Morgan fingerprint density at radius 3 is 2.33 bits per heavy atom. The summed E-state index contributed by atoms with van der Waals surface area (Å²) in [6.07, 6.45) is 1.18. The molecule has 0 amide bonds. The number of hydrogen-bond acceptors (Lipinski definition) is 2. The number of hydrogen-bond donors (Lipinski definition) is 1. The number of aryl methyl sites for hydroxylation is 1. The minimum absolute atomic E-state index is 0.303. The summed E-state index contributed by atoms with van der Waals surface area (Å²) in [5, 5.41) is 9.64. The Morgan fingerprint density at radius 1 is 1.17 bits per heavy atom. The first-order valence-electron chi connectivity index (χ1n) is 6.82. The van der Waals surface area contributed by atoms with E-state index in [9.17, 15) is 5.11 Å².